The number of hydrogen-bond donors (Lipinski definition) is 2. The van der Waals surface area contributed by atoms with Crippen molar-refractivity contribution in [3.63, 3.8) is 0 Å². The van der Waals surface area contributed by atoms with Crippen molar-refractivity contribution < 1.29 is 19.1 Å². The summed E-state index contributed by atoms with van der Waals surface area (Å²) in [6.07, 6.45) is -0.252. The predicted molar refractivity (Wildman–Crippen MR) is 120 cm³/mol. The van der Waals surface area contributed by atoms with Gasteiger partial charge in [0.25, 0.3) is 11.8 Å². The highest BCUT2D eigenvalue weighted by Gasteiger charge is 2.21. The summed E-state index contributed by atoms with van der Waals surface area (Å²) in [7, 11) is 1.57. The first-order chi connectivity index (χ1) is 15.1. The molecule has 160 valence electrons. The van der Waals surface area contributed by atoms with Crippen molar-refractivity contribution in [2.75, 3.05) is 12.4 Å². The molecule has 0 aliphatic heterocycles. The van der Waals surface area contributed by atoms with Gasteiger partial charge >= 0.3 is 0 Å². The van der Waals surface area contributed by atoms with Crippen molar-refractivity contribution in [1.82, 2.24) is 5.32 Å². The Labute approximate surface area is 182 Å². The Hall–Kier alpha value is -3.80. The Kier molecular flexibility index (Phi) is 7.65. The molecule has 0 radical (unpaired) electrons. The quantitative estimate of drug-likeness (QED) is 0.539. The molecule has 0 spiro atoms. The van der Waals surface area contributed by atoms with Gasteiger partial charge in [0.1, 0.15) is 11.5 Å². The zero-order valence-electron chi connectivity index (χ0n) is 17.6. The lowest BCUT2D eigenvalue weighted by Crippen LogP contribution is -2.33. The predicted octanol–water partition coefficient (Wildman–Crippen LogP) is 4.42. The number of ether oxygens (including phenoxy) is 2. The van der Waals surface area contributed by atoms with Crippen molar-refractivity contribution in [2.24, 2.45) is 0 Å². The lowest BCUT2D eigenvalue weighted by molar-refractivity contribution is -0.122. The Morgan fingerprint density at radius 3 is 2.35 bits per heavy atom. The Morgan fingerprint density at radius 1 is 0.903 bits per heavy atom. The van der Waals surface area contributed by atoms with E-state index in [1.54, 1.807) is 55.6 Å². The fourth-order valence-electron chi connectivity index (χ4n) is 3.04. The molecule has 6 nitrogen and oxygen atoms in total. The maximum absolute atomic E-state index is 12.9. The molecule has 0 aliphatic rings. The topological polar surface area (TPSA) is 76.7 Å². The van der Waals surface area contributed by atoms with Crippen LogP contribution in [0.2, 0.25) is 0 Å². The largest absolute Gasteiger partial charge is 0.497 e. The summed E-state index contributed by atoms with van der Waals surface area (Å²) in [4.78, 5) is 25.6. The van der Waals surface area contributed by atoms with Crippen LogP contribution in [0.1, 0.15) is 29.3 Å². The molecule has 0 bridgehead atoms. The third-order valence-electron chi connectivity index (χ3n) is 4.71. The molecule has 1 atom stereocenters. The summed E-state index contributed by atoms with van der Waals surface area (Å²) in [6.45, 7) is 2.27. The first kappa shape index (κ1) is 21.9. The van der Waals surface area contributed by atoms with Crippen LogP contribution in [-0.4, -0.2) is 25.0 Å². The van der Waals surface area contributed by atoms with Crippen molar-refractivity contribution in [2.45, 2.75) is 26.0 Å². The molecule has 0 aromatic heterocycles. The number of amides is 2. The Bertz CT molecular complexity index is 1020. The van der Waals surface area contributed by atoms with Gasteiger partial charge in [-0.3, -0.25) is 9.59 Å². The van der Waals surface area contributed by atoms with E-state index in [1.807, 2.05) is 37.3 Å². The maximum Gasteiger partial charge on any atom is 0.265 e. The van der Waals surface area contributed by atoms with Gasteiger partial charge in [-0.15, -0.1) is 0 Å². The van der Waals surface area contributed by atoms with Gasteiger partial charge < -0.3 is 20.1 Å². The van der Waals surface area contributed by atoms with Gasteiger partial charge in [-0.05, 0) is 36.2 Å². The number of carbonyl (C=O) groups is 2. The van der Waals surface area contributed by atoms with E-state index in [2.05, 4.69) is 10.6 Å². The van der Waals surface area contributed by atoms with Crippen molar-refractivity contribution in [1.29, 1.82) is 0 Å². The summed E-state index contributed by atoms with van der Waals surface area (Å²) >= 11 is 0. The van der Waals surface area contributed by atoms with Gasteiger partial charge in [-0.2, -0.15) is 0 Å². The maximum atomic E-state index is 12.9. The summed E-state index contributed by atoms with van der Waals surface area (Å²) < 4.78 is 11.1. The second-order valence-electron chi connectivity index (χ2n) is 6.90. The molecule has 6 heteroatoms. The molecule has 0 aliphatic carbocycles. The molecular weight excluding hydrogens is 392 g/mol. The lowest BCUT2D eigenvalue weighted by Gasteiger charge is -2.19. The zero-order valence-corrected chi connectivity index (χ0v) is 17.6. The van der Waals surface area contributed by atoms with Gasteiger partial charge in [0.15, 0.2) is 6.10 Å². The Balaban J connectivity index is 1.68. The van der Waals surface area contributed by atoms with Crippen molar-refractivity contribution >= 4 is 17.5 Å². The molecule has 2 N–H and O–H groups in total. The molecule has 0 saturated carbocycles. The number of nitrogens with one attached hydrogen (secondary N) is 2. The molecular formula is C25H26N2O4. The van der Waals surface area contributed by atoms with E-state index in [-0.39, 0.29) is 11.8 Å². The summed E-state index contributed by atoms with van der Waals surface area (Å²) in [5.74, 6) is 0.596. The van der Waals surface area contributed by atoms with Crippen LogP contribution >= 0.6 is 0 Å². The molecule has 0 fully saturated rings. The second kappa shape index (κ2) is 10.8. The first-order valence-electron chi connectivity index (χ1n) is 10.1. The number of benzene rings is 3. The molecule has 0 saturated heterocycles. The van der Waals surface area contributed by atoms with Crippen molar-refractivity contribution in [3.8, 4) is 11.5 Å². The number of hydrogen-bond acceptors (Lipinski definition) is 4. The van der Waals surface area contributed by atoms with Gasteiger partial charge in [-0.1, -0.05) is 55.5 Å². The average molecular weight is 418 g/mol. The summed E-state index contributed by atoms with van der Waals surface area (Å²) in [6, 6.07) is 23.6. The van der Waals surface area contributed by atoms with Crippen LogP contribution in [0.15, 0.2) is 78.9 Å². The van der Waals surface area contributed by atoms with Gasteiger partial charge in [0.2, 0.25) is 0 Å². The Morgan fingerprint density at radius 2 is 1.61 bits per heavy atom. The monoisotopic (exact) mass is 418 g/mol. The van der Waals surface area contributed by atoms with Crippen LogP contribution in [0.5, 0.6) is 11.5 Å². The lowest BCUT2D eigenvalue weighted by atomic mass is 10.1. The van der Waals surface area contributed by atoms with Crippen molar-refractivity contribution in [3.05, 3.63) is 90.0 Å². The number of rotatable bonds is 9. The highest BCUT2D eigenvalue weighted by Crippen LogP contribution is 2.22. The van der Waals surface area contributed by atoms with E-state index < -0.39 is 6.10 Å². The second-order valence-corrected chi connectivity index (χ2v) is 6.90. The third-order valence-corrected chi connectivity index (χ3v) is 4.71. The van der Waals surface area contributed by atoms with Crippen LogP contribution < -0.4 is 20.1 Å². The van der Waals surface area contributed by atoms with E-state index in [9.17, 15) is 9.59 Å². The number of methoxy groups -OCH3 is 1. The van der Waals surface area contributed by atoms with Crippen LogP contribution in [0.4, 0.5) is 5.69 Å². The average Bonchev–Trinajstić information content (AvgIpc) is 2.82. The van der Waals surface area contributed by atoms with E-state index in [1.165, 1.54) is 0 Å². The molecule has 2 amide bonds. The van der Waals surface area contributed by atoms with E-state index in [4.69, 9.17) is 9.47 Å². The first-order valence-corrected chi connectivity index (χ1v) is 10.1. The number of anilines is 1. The highest BCUT2D eigenvalue weighted by molar-refractivity contribution is 6.04. The zero-order chi connectivity index (χ0) is 22.1. The number of para-hydroxylation sites is 1. The van der Waals surface area contributed by atoms with E-state index >= 15 is 0 Å². The minimum Gasteiger partial charge on any atom is -0.497 e. The van der Waals surface area contributed by atoms with Gasteiger partial charge in [-0.25, -0.2) is 0 Å². The highest BCUT2D eigenvalue weighted by atomic mass is 16.5. The minimum absolute atomic E-state index is 0.262. The van der Waals surface area contributed by atoms with Crippen LogP contribution in [0.3, 0.4) is 0 Å². The van der Waals surface area contributed by atoms with E-state index in [0.717, 1.165) is 5.56 Å². The smallest absolute Gasteiger partial charge is 0.265 e. The standard InChI is InChI=1S/C25H26N2O4/c1-3-23(31-20-13-9-12-19(16-20)30-2)25(29)27-22-15-8-7-14-21(22)24(28)26-17-18-10-5-4-6-11-18/h4-16,23H,3,17H2,1-2H3,(H,26,28)(H,27,29)/t23-/m1/s1. The van der Waals surface area contributed by atoms with Gasteiger partial charge in [0, 0.05) is 12.6 Å². The molecule has 0 unspecified atom stereocenters. The molecule has 31 heavy (non-hydrogen) atoms. The fourth-order valence-corrected chi connectivity index (χ4v) is 3.04. The normalized spacial score (nSPS) is 11.3. The minimum atomic E-state index is -0.715. The molecule has 3 rings (SSSR count). The van der Waals surface area contributed by atoms with Crippen LogP contribution in [-0.2, 0) is 11.3 Å². The van der Waals surface area contributed by atoms with Crippen LogP contribution in [0, 0.1) is 0 Å². The fraction of sp³-hybridized carbons (Fsp3) is 0.200. The van der Waals surface area contributed by atoms with Gasteiger partial charge in [0.05, 0.1) is 18.4 Å². The third kappa shape index (κ3) is 6.09. The SMILES string of the molecule is CC[C@@H](Oc1cccc(OC)c1)C(=O)Nc1ccccc1C(=O)NCc1ccccc1. The number of carbonyl (C=O) groups excluding carboxylic acids is 2. The van der Waals surface area contributed by atoms with Crippen LogP contribution in [0.25, 0.3) is 0 Å². The van der Waals surface area contributed by atoms with E-state index in [0.29, 0.717) is 35.7 Å². The molecule has 0 heterocycles. The summed E-state index contributed by atoms with van der Waals surface area (Å²) in [5, 5.41) is 5.72. The molecule has 3 aromatic rings. The summed E-state index contributed by atoms with van der Waals surface area (Å²) in [5.41, 5.74) is 1.82. The molecule has 3 aromatic carbocycles.